The molecule has 1 aliphatic heterocycles. The molecular formula is C17H21N6O3S+. The number of carboxylic acids is 1. The van der Waals surface area contributed by atoms with Gasteiger partial charge in [-0.3, -0.25) is 14.9 Å². The number of hydrazone groups is 1. The molecule has 0 unspecified atom stereocenters. The average molecular weight is 389 g/mol. The summed E-state index contributed by atoms with van der Waals surface area (Å²) in [4.78, 5) is 20.2. The number of allylic oxidation sites excluding steroid dienone is 1. The van der Waals surface area contributed by atoms with Gasteiger partial charge in [0.2, 0.25) is 5.16 Å². The van der Waals surface area contributed by atoms with Crippen LogP contribution in [-0.4, -0.2) is 63.4 Å². The van der Waals surface area contributed by atoms with E-state index in [-0.39, 0.29) is 5.75 Å². The van der Waals surface area contributed by atoms with Crippen LogP contribution >= 0.6 is 11.8 Å². The molecule has 9 nitrogen and oxygen atoms in total. The Balaban J connectivity index is 1.89. The summed E-state index contributed by atoms with van der Waals surface area (Å²) in [7, 11) is 1.60. The number of carbonyl (C=O) groups is 1. The number of benzene rings is 1. The van der Waals surface area contributed by atoms with Gasteiger partial charge in [-0.05, 0) is 24.1 Å². The highest BCUT2D eigenvalue weighted by molar-refractivity contribution is 7.99. The van der Waals surface area contributed by atoms with Gasteiger partial charge >= 0.3 is 5.97 Å². The molecule has 0 atom stereocenters. The molecule has 1 aromatic heterocycles. The maximum Gasteiger partial charge on any atom is 0.313 e. The molecule has 1 aromatic carbocycles. The normalized spacial score (nSPS) is 13.7. The Morgan fingerprint density at radius 1 is 1.41 bits per heavy atom. The summed E-state index contributed by atoms with van der Waals surface area (Å²) >= 11 is 1.07. The Morgan fingerprint density at radius 3 is 2.89 bits per heavy atom. The van der Waals surface area contributed by atoms with E-state index >= 15 is 0 Å². The van der Waals surface area contributed by atoms with Crippen LogP contribution in [0.2, 0.25) is 0 Å². The second kappa shape index (κ2) is 8.80. The van der Waals surface area contributed by atoms with E-state index in [2.05, 4.69) is 33.3 Å². The van der Waals surface area contributed by atoms with Gasteiger partial charge in [0.25, 0.3) is 0 Å². The Labute approximate surface area is 160 Å². The number of aliphatic carboxylic acids is 1. The fraction of sp³-hybridized carbons (Fsp3) is 0.294. The van der Waals surface area contributed by atoms with E-state index in [1.165, 1.54) is 0 Å². The number of likely N-dealkylation sites (N-methyl/N-ethyl adjacent to an activating group) is 1. The molecular weight excluding hydrogens is 368 g/mol. The van der Waals surface area contributed by atoms with Gasteiger partial charge in [0.15, 0.2) is 11.5 Å². The van der Waals surface area contributed by atoms with Gasteiger partial charge in [0.1, 0.15) is 0 Å². The van der Waals surface area contributed by atoms with Gasteiger partial charge in [-0.15, -0.1) is 5.10 Å². The average Bonchev–Trinajstić information content (AvgIpc) is 3.16. The standard InChI is InChI=1S/C17H20N6O3S/c1-3-23-5-4-11(9-18-23)12-6-13(8-14(7-12)22-26-2)16-19-17(21-20-16)27-10-15(24)25/h4,6-9,22H,3,5,10H2,1-2H3,(H,24,25)(H,19,20,21)/p+1. The lowest BCUT2D eigenvalue weighted by Crippen LogP contribution is -2.75. The second-order valence-corrected chi connectivity index (χ2v) is 6.70. The third kappa shape index (κ3) is 4.94. The third-order valence-electron chi connectivity index (χ3n) is 3.85. The molecule has 142 valence electrons. The van der Waals surface area contributed by atoms with Crippen molar-refractivity contribution in [3.05, 3.63) is 29.8 Å². The SMILES string of the molecule is CCN1CC=C(c2cc([NH2+]OC)cc(-c3nc(SCC(=O)O)n[nH]3)c2)C=N1. The number of rotatable bonds is 8. The van der Waals surface area contributed by atoms with Gasteiger partial charge in [-0.2, -0.15) is 10.6 Å². The Morgan fingerprint density at radius 2 is 2.22 bits per heavy atom. The Kier molecular flexibility index (Phi) is 6.22. The number of H-pyrrole nitrogens is 1. The number of hydrogen-bond donors (Lipinski definition) is 3. The molecule has 2 heterocycles. The van der Waals surface area contributed by atoms with E-state index < -0.39 is 5.97 Å². The number of nitrogens with zero attached hydrogens (tertiary/aromatic N) is 4. The highest BCUT2D eigenvalue weighted by Crippen LogP contribution is 2.26. The summed E-state index contributed by atoms with van der Waals surface area (Å²) in [5, 5.41) is 22.5. The maximum atomic E-state index is 10.7. The zero-order chi connectivity index (χ0) is 19.2. The van der Waals surface area contributed by atoms with E-state index in [0.717, 1.165) is 47.2 Å². The minimum absolute atomic E-state index is 0.0860. The van der Waals surface area contributed by atoms with E-state index in [4.69, 9.17) is 9.94 Å². The van der Waals surface area contributed by atoms with Crippen molar-refractivity contribution in [2.75, 3.05) is 26.0 Å². The number of carboxylic acid groups (broad SMARTS) is 1. The first-order valence-electron chi connectivity index (χ1n) is 8.37. The number of nitrogens with two attached hydrogens (primary N) is 1. The Hall–Kier alpha value is -2.69. The predicted molar refractivity (Wildman–Crippen MR) is 102 cm³/mol. The van der Waals surface area contributed by atoms with Crippen LogP contribution in [0.25, 0.3) is 17.0 Å². The van der Waals surface area contributed by atoms with Crippen molar-refractivity contribution in [2.45, 2.75) is 12.1 Å². The van der Waals surface area contributed by atoms with Crippen LogP contribution in [0.5, 0.6) is 0 Å². The molecule has 3 rings (SSSR count). The van der Waals surface area contributed by atoms with Crippen LogP contribution < -0.4 is 5.48 Å². The third-order valence-corrected chi connectivity index (χ3v) is 4.68. The second-order valence-electron chi connectivity index (χ2n) is 5.76. The van der Waals surface area contributed by atoms with Gasteiger partial charge in [0, 0.05) is 24.2 Å². The first-order chi connectivity index (χ1) is 13.1. The molecule has 2 aromatic rings. The lowest BCUT2D eigenvalue weighted by atomic mass is 10.0. The van der Waals surface area contributed by atoms with Crippen molar-refractivity contribution in [1.29, 1.82) is 0 Å². The van der Waals surface area contributed by atoms with Crippen molar-refractivity contribution in [2.24, 2.45) is 5.10 Å². The van der Waals surface area contributed by atoms with Crippen molar-refractivity contribution >= 4 is 35.2 Å². The Bertz CT molecular complexity index is 879. The van der Waals surface area contributed by atoms with Crippen LogP contribution in [0.4, 0.5) is 5.69 Å². The van der Waals surface area contributed by atoms with Gasteiger partial charge in [-0.1, -0.05) is 17.8 Å². The van der Waals surface area contributed by atoms with Crippen LogP contribution in [-0.2, 0) is 9.63 Å². The zero-order valence-corrected chi connectivity index (χ0v) is 15.9. The van der Waals surface area contributed by atoms with Crippen LogP contribution in [0.3, 0.4) is 0 Å². The molecule has 0 fully saturated rings. The van der Waals surface area contributed by atoms with E-state index in [1.807, 2.05) is 29.4 Å². The van der Waals surface area contributed by atoms with Gasteiger partial charge in [-0.25, -0.2) is 9.82 Å². The van der Waals surface area contributed by atoms with Crippen LogP contribution in [0.1, 0.15) is 12.5 Å². The fourth-order valence-electron chi connectivity index (χ4n) is 2.58. The number of aromatic amines is 1. The molecule has 0 saturated carbocycles. The molecule has 0 aliphatic carbocycles. The molecule has 4 N–H and O–H groups in total. The first-order valence-corrected chi connectivity index (χ1v) is 9.35. The summed E-state index contributed by atoms with van der Waals surface area (Å²) in [5.74, 6) is -0.425. The quantitative estimate of drug-likeness (QED) is 0.351. The minimum Gasteiger partial charge on any atom is -0.481 e. The molecule has 1 aliphatic rings. The summed E-state index contributed by atoms with van der Waals surface area (Å²) in [6.07, 6.45) is 3.97. The maximum absolute atomic E-state index is 10.7. The van der Waals surface area contributed by atoms with Crippen molar-refractivity contribution in [3.8, 4) is 11.4 Å². The summed E-state index contributed by atoms with van der Waals surface area (Å²) in [6, 6.07) is 5.94. The fourth-order valence-corrected chi connectivity index (χ4v) is 3.09. The molecule has 0 spiro atoms. The number of aromatic nitrogens is 3. The minimum atomic E-state index is -0.907. The monoisotopic (exact) mass is 389 g/mol. The topological polar surface area (TPSA) is 120 Å². The molecule has 0 bridgehead atoms. The van der Waals surface area contributed by atoms with Crippen molar-refractivity contribution < 1.29 is 20.2 Å². The predicted octanol–water partition coefficient (Wildman–Crippen LogP) is 1.11. The summed E-state index contributed by atoms with van der Waals surface area (Å²) < 4.78 is 0. The highest BCUT2D eigenvalue weighted by atomic mass is 32.2. The number of nitrogens with one attached hydrogen (secondary N) is 1. The zero-order valence-electron chi connectivity index (χ0n) is 15.0. The molecule has 0 amide bonds. The summed E-state index contributed by atoms with van der Waals surface area (Å²) in [6.45, 7) is 3.68. The molecule has 27 heavy (non-hydrogen) atoms. The van der Waals surface area contributed by atoms with E-state index in [1.54, 1.807) is 12.6 Å². The number of quaternary nitrogens is 1. The largest absolute Gasteiger partial charge is 0.481 e. The lowest BCUT2D eigenvalue weighted by Gasteiger charge is -2.19. The van der Waals surface area contributed by atoms with E-state index in [9.17, 15) is 4.79 Å². The van der Waals surface area contributed by atoms with Crippen LogP contribution in [0.15, 0.2) is 34.5 Å². The highest BCUT2D eigenvalue weighted by Gasteiger charge is 2.14. The first kappa shape index (κ1) is 19.1. The molecule has 10 heteroatoms. The number of hydrogen-bond acceptors (Lipinski definition) is 7. The molecule has 0 saturated heterocycles. The van der Waals surface area contributed by atoms with Gasteiger partial charge in [0.05, 0.1) is 25.6 Å². The number of thioether (sulfide) groups is 1. The van der Waals surface area contributed by atoms with Crippen molar-refractivity contribution in [1.82, 2.24) is 20.2 Å². The summed E-state index contributed by atoms with van der Waals surface area (Å²) in [5.41, 5.74) is 5.38. The van der Waals surface area contributed by atoms with Gasteiger partial charge < -0.3 is 5.11 Å². The van der Waals surface area contributed by atoms with Crippen molar-refractivity contribution in [3.63, 3.8) is 0 Å². The van der Waals surface area contributed by atoms with Crippen LogP contribution in [0, 0.1) is 0 Å². The smallest absolute Gasteiger partial charge is 0.313 e. The lowest BCUT2D eigenvalue weighted by molar-refractivity contribution is -0.830. The molecule has 0 radical (unpaired) electrons. The van der Waals surface area contributed by atoms with E-state index in [0.29, 0.717) is 11.0 Å².